The van der Waals surface area contributed by atoms with Crippen molar-refractivity contribution in [1.29, 1.82) is 0 Å². The minimum absolute atomic E-state index is 0.0395. The SMILES string of the molecule is CC1(C)CC(NC(=O)OCC(O)CC(CO)COC(=O)NC2CC(C)(C)CC(C)(CN)C2)CC(C)(CN)C1. The monoisotopic (exact) mass is 542 g/mol. The number of nitrogens with one attached hydrogen (secondary N) is 2. The number of aliphatic hydroxyl groups excluding tert-OH is 2. The second kappa shape index (κ2) is 13.2. The first-order valence-corrected chi connectivity index (χ1v) is 14.1. The first kappa shape index (κ1) is 32.6. The summed E-state index contributed by atoms with van der Waals surface area (Å²) in [5.41, 5.74) is 12.0. The van der Waals surface area contributed by atoms with E-state index in [1.165, 1.54) is 0 Å². The molecule has 6 unspecified atom stereocenters. The average Bonchev–Trinajstić information content (AvgIpc) is 2.77. The standard InChI is InChI=1S/C28H54N4O6/c1-25(2)8-20(10-27(5,15-25)17-29)31-23(35)37-13-19(12-33)7-22(34)14-38-24(36)32-21-9-26(3,4)16-28(6,11-21)18-30/h19-22,33-34H,7-18,29-30H2,1-6H3,(H,31,35)(H,32,36). The molecule has 2 saturated carbocycles. The molecule has 0 bridgehead atoms. The van der Waals surface area contributed by atoms with Gasteiger partial charge in [0.15, 0.2) is 0 Å². The molecule has 0 spiro atoms. The molecule has 2 amide bonds. The van der Waals surface area contributed by atoms with Gasteiger partial charge in [-0.3, -0.25) is 0 Å². The number of carbonyl (C=O) groups excluding carboxylic acids is 2. The molecule has 222 valence electrons. The molecule has 6 atom stereocenters. The predicted octanol–water partition coefficient (Wildman–Crippen LogP) is 2.89. The number of rotatable bonds is 11. The van der Waals surface area contributed by atoms with E-state index in [0.29, 0.717) is 13.1 Å². The van der Waals surface area contributed by atoms with Gasteiger partial charge in [-0.1, -0.05) is 41.5 Å². The second-order valence-corrected chi connectivity index (χ2v) is 14.3. The average molecular weight is 543 g/mol. The largest absolute Gasteiger partial charge is 0.449 e. The van der Waals surface area contributed by atoms with E-state index < -0.39 is 24.2 Å². The van der Waals surface area contributed by atoms with Crippen molar-refractivity contribution in [1.82, 2.24) is 10.6 Å². The van der Waals surface area contributed by atoms with Crippen molar-refractivity contribution in [2.24, 2.45) is 39.0 Å². The van der Waals surface area contributed by atoms with Gasteiger partial charge in [-0.05, 0) is 79.7 Å². The van der Waals surface area contributed by atoms with Crippen LogP contribution in [0.1, 0.15) is 86.5 Å². The second-order valence-electron chi connectivity index (χ2n) is 14.3. The van der Waals surface area contributed by atoms with Gasteiger partial charge in [0.1, 0.15) is 6.61 Å². The Balaban J connectivity index is 1.74. The number of carbonyl (C=O) groups is 2. The Kier molecular flexibility index (Phi) is 11.3. The minimum Gasteiger partial charge on any atom is -0.449 e. The van der Waals surface area contributed by atoms with E-state index in [9.17, 15) is 19.8 Å². The fourth-order valence-corrected chi connectivity index (χ4v) is 7.21. The molecule has 0 aliphatic heterocycles. The molecule has 0 heterocycles. The molecule has 8 N–H and O–H groups in total. The van der Waals surface area contributed by atoms with Gasteiger partial charge in [-0.25, -0.2) is 9.59 Å². The van der Waals surface area contributed by atoms with E-state index in [1.807, 2.05) is 0 Å². The fourth-order valence-electron chi connectivity index (χ4n) is 7.21. The molecule has 0 aromatic carbocycles. The fraction of sp³-hybridized carbons (Fsp3) is 0.929. The zero-order valence-electron chi connectivity index (χ0n) is 24.5. The van der Waals surface area contributed by atoms with Gasteiger partial charge in [-0.15, -0.1) is 0 Å². The predicted molar refractivity (Wildman–Crippen MR) is 147 cm³/mol. The van der Waals surface area contributed by atoms with Crippen LogP contribution in [0.3, 0.4) is 0 Å². The van der Waals surface area contributed by atoms with Gasteiger partial charge in [0.05, 0.1) is 12.7 Å². The Hall–Kier alpha value is -1.62. The number of alkyl carbamates (subject to hydrolysis) is 2. The summed E-state index contributed by atoms with van der Waals surface area (Å²) in [6, 6.07) is -0.0890. The summed E-state index contributed by atoms with van der Waals surface area (Å²) < 4.78 is 10.6. The summed E-state index contributed by atoms with van der Waals surface area (Å²) in [7, 11) is 0. The maximum absolute atomic E-state index is 12.5. The van der Waals surface area contributed by atoms with Crippen molar-refractivity contribution in [3.63, 3.8) is 0 Å². The molecule has 2 aliphatic carbocycles. The highest BCUT2D eigenvalue weighted by molar-refractivity contribution is 5.68. The highest BCUT2D eigenvalue weighted by Crippen LogP contribution is 2.46. The molecule has 0 saturated heterocycles. The first-order valence-electron chi connectivity index (χ1n) is 14.1. The van der Waals surface area contributed by atoms with E-state index in [-0.39, 0.29) is 60.0 Å². The third-order valence-corrected chi connectivity index (χ3v) is 8.24. The molecule has 0 aromatic rings. The van der Waals surface area contributed by atoms with Crippen LogP contribution >= 0.6 is 0 Å². The minimum atomic E-state index is -0.994. The zero-order chi connectivity index (χ0) is 28.8. The number of hydrogen-bond acceptors (Lipinski definition) is 8. The summed E-state index contributed by atoms with van der Waals surface area (Å²) in [6.45, 7) is 13.6. The summed E-state index contributed by atoms with van der Waals surface area (Å²) in [4.78, 5) is 24.8. The van der Waals surface area contributed by atoms with Crippen LogP contribution in [0, 0.1) is 27.6 Å². The topological polar surface area (TPSA) is 169 Å². The smallest absolute Gasteiger partial charge is 0.407 e. The summed E-state index contributed by atoms with van der Waals surface area (Å²) in [6.07, 6.45) is 3.23. The lowest BCUT2D eigenvalue weighted by Gasteiger charge is -2.46. The van der Waals surface area contributed by atoms with Gasteiger partial charge in [-0.2, -0.15) is 0 Å². The highest BCUT2D eigenvalue weighted by atomic mass is 16.6. The van der Waals surface area contributed by atoms with Gasteiger partial charge < -0.3 is 41.8 Å². The first-order chi connectivity index (χ1) is 17.5. The lowest BCUT2D eigenvalue weighted by Crippen LogP contribution is -2.49. The van der Waals surface area contributed by atoms with E-state index >= 15 is 0 Å². The van der Waals surface area contributed by atoms with E-state index in [1.54, 1.807) is 0 Å². The number of nitrogens with two attached hydrogens (primary N) is 2. The number of ether oxygens (including phenoxy) is 2. The molecular weight excluding hydrogens is 488 g/mol. The highest BCUT2D eigenvalue weighted by Gasteiger charge is 2.42. The maximum Gasteiger partial charge on any atom is 0.407 e. The van der Waals surface area contributed by atoms with E-state index in [4.69, 9.17) is 20.9 Å². The van der Waals surface area contributed by atoms with Crippen molar-refractivity contribution in [2.45, 2.75) is 105 Å². The Bertz CT molecular complexity index is 793. The maximum atomic E-state index is 12.5. The molecular formula is C28H54N4O6. The Morgan fingerprint density at radius 2 is 1.24 bits per heavy atom. The van der Waals surface area contributed by atoms with Crippen LogP contribution in [0.25, 0.3) is 0 Å². The molecule has 0 radical (unpaired) electrons. The summed E-state index contributed by atoms with van der Waals surface area (Å²) >= 11 is 0. The Morgan fingerprint density at radius 3 is 1.63 bits per heavy atom. The van der Waals surface area contributed by atoms with Gasteiger partial charge in [0.25, 0.3) is 0 Å². The van der Waals surface area contributed by atoms with Gasteiger partial charge in [0.2, 0.25) is 0 Å². The van der Waals surface area contributed by atoms with Crippen LogP contribution in [0.4, 0.5) is 9.59 Å². The Labute approximate surface area is 228 Å². The lowest BCUT2D eigenvalue weighted by atomic mass is 9.62. The van der Waals surface area contributed by atoms with E-state index in [2.05, 4.69) is 52.2 Å². The van der Waals surface area contributed by atoms with Crippen LogP contribution in [0.2, 0.25) is 0 Å². The zero-order valence-corrected chi connectivity index (χ0v) is 24.5. The van der Waals surface area contributed by atoms with Crippen LogP contribution in [0.15, 0.2) is 0 Å². The molecule has 38 heavy (non-hydrogen) atoms. The Morgan fingerprint density at radius 1 is 0.816 bits per heavy atom. The van der Waals surface area contributed by atoms with Gasteiger partial charge in [0, 0.05) is 24.6 Å². The number of amides is 2. The van der Waals surface area contributed by atoms with Crippen LogP contribution in [-0.4, -0.2) is 73.5 Å². The van der Waals surface area contributed by atoms with Crippen LogP contribution in [-0.2, 0) is 9.47 Å². The quantitative estimate of drug-likeness (QED) is 0.231. The molecule has 2 aliphatic rings. The summed E-state index contributed by atoms with van der Waals surface area (Å²) in [5.74, 6) is -0.482. The normalized spacial score (nSPS) is 32.1. The van der Waals surface area contributed by atoms with Crippen molar-refractivity contribution in [3.8, 4) is 0 Å². The molecule has 2 rings (SSSR count). The van der Waals surface area contributed by atoms with Crippen molar-refractivity contribution >= 4 is 12.2 Å². The van der Waals surface area contributed by atoms with Crippen molar-refractivity contribution < 1.29 is 29.3 Å². The number of hydrogen-bond donors (Lipinski definition) is 6. The van der Waals surface area contributed by atoms with Crippen molar-refractivity contribution in [2.75, 3.05) is 32.9 Å². The van der Waals surface area contributed by atoms with Gasteiger partial charge >= 0.3 is 12.2 Å². The molecule has 2 fully saturated rings. The molecule has 0 aromatic heterocycles. The third-order valence-electron chi connectivity index (χ3n) is 8.24. The summed E-state index contributed by atoms with van der Waals surface area (Å²) in [5, 5.41) is 26.0. The van der Waals surface area contributed by atoms with E-state index in [0.717, 1.165) is 38.5 Å². The van der Waals surface area contributed by atoms with Crippen LogP contribution < -0.4 is 22.1 Å². The lowest BCUT2D eigenvalue weighted by molar-refractivity contribution is 0.0245. The number of aliphatic hydroxyl groups is 2. The van der Waals surface area contributed by atoms with Crippen molar-refractivity contribution in [3.05, 3.63) is 0 Å². The molecule has 10 nitrogen and oxygen atoms in total. The van der Waals surface area contributed by atoms with Crippen LogP contribution in [0.5, 0.6) is 0 Å². The molecule has 10 heteroatoms. The third kappa shape index (κ3) is 10.5.